The summed E-state index contributed by atoms with van der Waals surface area (Å²) in [7, 11) is 2.05. The highest BCUT2D eigenvalue weighted by Crippen LogP contribution is 2.20. The Balaban J connectivity index is 2.24. The van der Waals surface area contributed by atoms with Gasteiger partial charge in [0.25, 0.3) is 0 Å². The van der Waals surface area contributed by atoms with Crippen molar-refractivity contribution in [3.8, 4) is 0 Å². The van der Waals surface area contributed by atoms with Crippen LogP contribution in [0.5, 0.6) is 0 Å². The fraction of sp³-hybridized carbons (Fsp3) is 0.929. The molecular weight excluding hydrogens is 244 g/mol. The van der Waals surface area contributed by atoms with Gasteiger partial charge in [-0.3, -0.25) is 4.79 Å². The molecule has 1 rings (SSSR count). The highest BCUT2D eigenvalue weighted by Gasteiger charge is 2.29. The minimum atomic E-state index is -0.165. The number of likely N-dealkylation sites (N-methyl/N-ethyl adjacent to an activating group) is 1. The molecule has 5 nitrogen and oxygen atoms in total. The summed E-state index contributed by atoms with van der Waals surface area (Å²) in [4.78, 5) is 14.0. The average Bonchev–Trinajstić information content (AvgIpc) is 3.19. The van der Waals surface area contributed by atoms with E-state index < -0.39 is 0 Å². The van der Waals surface area contributed by atoms with Gasteiger partial charge in [0.2, 0.25) is 0 Å². The number of rotatable bonds is 11. The van der Waals surface area contributed by atoms with Gasteiger partial charge in [-0.1, -0.05) is 0 Å². The highest BCUT2D eigenvalue weighted by molar-refractivity contribution is 5.75. The van der Waals surface area contributed by atoms with Crippen molar-refractivity contribution in [2.24, 2.45) is 0 Å². The smallest absolute Gasteiger partial charge is 0.323 e. The maximum atomic E-state index is 11.9. The molecule has 19 heavy (non-hydrogen) atoms. The van der Waals surface area contributed by atoms with Crippen LogP contribution in [0.15, 0.2) is 0 Å². The lowest BCUT2D eigenvalue weighted by Crippen LogP contribution is -2.42. The molecular formula is C14H28N2O3. The van der Waals surface area contributed by atoms with Crippen molar-refractivity contribution >= 4 is 5.97 Å². The van der Waals surface area contributed by atoms with Gasteiger partial charge in [0.15, 0.2) is 0 Å². The third-order valence-electron chi connectivity index (χ3n) is 3.21. The second-order valence-corrected chi connectivity index (χ2v) is 5.03. The summed E-state index contributed by atoms with van der Waals surface area (Å²) in [5.74, 6) is -0.118. The number of hydrogen-bond donors (Lipinski definition) is 1. The van der Waals surface area contributed by atoms with Crippen molar-refractivity contribution in [1.29, 1.82) is 0 Å². The molecule has 112 valence electrons. The number of carbonyl (C=O) groups excluding carboxylic acids is 1. The monoisotopic (exact) mass is 272 g/mol. The molecule has 0 bridgehead atoms. The second-order valence-electron chi connectivity index (χ2n) is 5.03. The number of esters is 1. The molecule has 1 unspecified atom stereocenters. The van der Waals surface area contributed by atoms with Crippen molar-refractivity contribution in [3.63, 3.8) is 0 Å². The normalized spacial score (nSPS) is 16.6. The zero-order valence-electron chi connectivity index (χ0n) is 12.5. The Bertz CT molecular complexity index is 257. The van der Waals surface area contributed by atoms with Crippen LogP contribution in [-0.2, 0) is 14.3 Å². The van der Waals surface area contributed by atoms with E-state index in [9.17, 15) is 4.79 Å². The van der Waals surface area contributed by atoms with Gasteiger partial charge >= 0.3 is 5.97 Å². The van der Waals surface area contributed by atoms with Crippen LogP contribution in [0, 0.1) is 0 Å². The van der Waals surface area contributed by atoms with Gasteiger partial charge in [-0.25, -0.2) is 0 Å². The molecule has 0 radical (unpaired) electrons. The average molecular weight is 272 g/mol. The largest absolute Gasteiger partial charge is 0.465 e. The Morgan fingerprint density at radius 2 is 2.05 bits per heavy atom. The standard InChI is InChI=1S/C14H28N2O3/c1-4-18-11-10-16(3)9-8-13(14(17)19-5-2)15-12-6-7-12/h12-13,15H,4-11H2,1-3H3. The van der Waals surface area contributed by atoms with Crippen molar-refractivity contribution < 1.29 is 14.3 Å². The topological polar surface area (TPSA) is 50.8 Å². The van der Waals surface area contributed by atoms with E-state index in [1.54, 1.807) is 0 Å². The molecule has 5 heteroatoms. The van der Waals surface area contributed by atoms with Crippen LogP contribution < -0.4 is 5.32 Å². The molecule has 0 spiro atoms. The molecule has 0 aromatic carbocycles. The molecule has 1 atom stereocenters. The Morgan fingerprint density at radius 1 is 1.32 bits per heavy atom. The van der Waals surface area contributed by atoms with Gasteiger partial charge in [0.05, 0.1) is 13.2 Å². The molecule has 0 aromatic heterocycles. The Morgan fingerprint density at radius 3 is 2.63 bits per heavy atom. The Labute approximate surface area is 116 Å². The van der Waals surface area contributed by atoms with E-state index in [1.807, 2.05) is 13.8 Å². The van der Waals surface area contributed by atoms with E-state index in [-0.39, 0.29) is 12.0 Å². The maximum absolute atomic E-state index is 11.9. The fourth-order valence-corrected chi connectivity index (χ4v) is 1.87. The predicted octanol–water partition coefficient (Wildman–Crippen LogP) is 1.03. The van der Waals surface area contributed by atoms with Crippen LogP contribution in [0.4, 0.5) is 0 Å². The lowest BCUT2D eigenvalue weighted by Gasteiger charge is -2.21. The Kier molecular flexibility index (Phi) is 8.02. The van der Waals surface area contributed by atoms with Gasteiger partial charge in [0, 0.05) is 19.2 Å². The van der Waals surface area contributed by atoms with Crippen molar-refractivity contribution in [2.75, 3.05) is 40.0 Å². The number of hydrogen-bond acceptors (Lipinski definition) is 5. The van der Waals surface area contributed by atoms with Crippen molar-refractivity contribution in [3.05, 3.63) is 0 Å². The third-order valence-corrected chi connectivity index (χ3v) is 3.21. The van der Waals surface area contributed by atoms with Gasteiger partial charge in [-0.15, -0.1) is 0 Å². The number of nitrogens with zero attached hydrogens (tertiary/aromatic N) is 1. The number of ether oxygens (including phenoxy) is 2. The molecule has 0 aliphatic heterocycles. The predicted molar refractivity (Wildman–Crippen MR) is 75.2 cm³/mol. The first kappa shape index (κ1) is 16.4. The first-order chi connectivity index (χ1) is 9.17. The molecule has 1 aliphatic carbocycles. The van der Waals surface area contributed by atoms with E-state index in [1.165, 1.54) is 12.8 Å². The zero-order chi connectivity index (χ0) is 14.1. The molecule has 1 aliphatic rings. The molecule has 0 amide bonds. The first-order valence-electron chi connectivity index (χ1n) is 7.36. The van der Waals surface area contributed by atoms with Crippen LogP contribution in [-0.4, -0.2) is 62.9 Å². The highest BCUT2D eigenvalue weighted by atomic mass is 16.5. The molecule has 1 N–H and O–H groups in total. The van der Waals surface area contributed by atoms with E-state index in [0.717, 1.165) is 32.7 Å². The van der Waals surface area contributed by atoms with Gasteiger partial charge < -0.3 is 19.7 Å². The summed E-state index contributed by atoms with van der Waals surface area (Å²) in [5, 5.41) is 3.37. The molecule has 0 heterocycles. The number of carbonyl (C=O) groups is 1. The second kappa shape index (κ2) is 9.28. The third kappa shape index (κ3) is 7.50. The quantitative estimate of drug-likeness (QED) is 0.450. The van der Waals surface area contributed by atoms with E-state index >= 15 is 0 Å². The summed E-state index contributed by atoms with van der Waals surface area (Å²) in [6.07, 6.45) is 3.14. The Hall–Kier alpha value is -0.650. The minimum Gasteiger partial charge on any atom is -0.465 e. The van der Waals surface area contributed by atoms with Gasteiger partial charge in [-0.2, -0.15) is 0 Å². The summed E-state index contributed by atoms with van der Waals surface area (Å²) in [5.41, 5.74) is 0. The fourth-order valence-electron chi connectivity index (χ4n) is 1.87. The molecule has 0 aromatic rings. The van der Waals surface area contributed by atoms with E-state index in [4.69, 9.17) is 9.47 Å². The summed E-state index contributed by atoms with van der Waals surface area (Å²) in [6, 6.07) is 0.352. The SMILES string of the molecule is CCOCCN(C)CCC(NC1CC1)C(=O)OCC. The van der Waals surface area contributed by atoms with Crippen LogP contribution in [0.1, 0.15) is 33.1 Å². The van der Waals surface area contributed by atoms with Crippen LogP contribution in [0.2, 0.25) is 0 Å². The van der Waals surface area contributed by atoms with Crippen molar-refractivity contribution in [1.82, 2.24) is 10.2 Å². The lowest BCUT2D eigenvalue weighted by atomic mass is 10.2. The van der Waals surface area contributed by atoms with Gasteiger partial charge in [-0.05, 0) is 46.7 Å². The number of nitrogens with one attached hydrogen (secondary N) is 1. The van der Waals surface area contributed by atoms with Crippen LogP contribution >= 0.6 is 0 Å². The molecule has 0 saturated heterocycles. The summed E-state index contributed by atoms with van der Waals surface area (Å²) >= 11 is 0. The maximum Gasteiger partial charge on any atom is 0.323 e. The van der Waals surface area contributed by atoms with E-state index in [2.05, 4.69) is 17.3 Å². The minimum absolute atomic E-state index is 0.118. The molecule has 1 fully saturated rings. The first-order valence-corrected chi connectivity index (χ1v) is 7.36. The van der Waals surface area contributed by atoms with Crippen LogP contribution in [0.25, 0.3) is 0 Å². The van der Waals surface area contributed by atoms with Crippen LogP contribution in [0.3, 0.4) is 0 Å². The van der Waals surface area contributed by atoms with E-state index in [0.29, 0.717) is 12.6 Å². The summed E-state index contributed by atoms with van der Waals surface area (Å²) in [6.45, 7) is 7.55. The van der Waals surface area contributed by atoms with Crippen molar-refractivity contribution in [2.45, 2.75) is 45.2 Å². The lowest BCUT2D eigenvalue weighted by molar-refractivity contribution is -0.146. The zero-order valence-corrected chi connectivity index (χ0v) is 12.5. The van der Waals surface area contributed by atoms with Gasteiger partial charge in [0.1, 0.15) is 6.04 Å². The molecule has 1 saturated carbocycles. The summed E-state index contributed by atoms with van der Waals surface area (Å²) < 4.78 is 10.4.